The third-order valence-corrected chi connectivity index (χ3v) is 5.22. The normalized spacial score (nSPS) is 16.7. The zero-order valence-corrected chi connectivity index (χ0v) is 13.7. The lowest BCUT2D eigenvalue weighted by molar-refractivity contribution is -0.144. The third kappa shape index (κ3) is 3.30. The highest BCUT2D eigenvalue weighted by Crippen LogP contribution is 2.33. The molecular formula is C14H15Cl2NO3S. The van der Waals surface area contributed by atoms with E-state index in [1.165, 1.54) is 17.8 Å². The van der Waals surface area contributed by atoms with Crippen molar-refractivity contribution in [3.8, 4) is 0 Å². The van der Waals surface area contributed by atoms with Crippen LogP contribution >= 0.6 is 35.0 Å². The lowest BCUT2D eigenvalue weighted by atomic mass is 9.97. The average Bonchev–Trinajstić information content (AvgIpc) is 2.88. The minimum Gasteiger partial charge on any atom is -0.480 e. The van der Waals surface area contributed by atoms with Crippen LogP contribution in [0.5, 0.6) is 0 Å². The number of amides is 1. The molecule has 0 bridgehead atoms. The first-order valence-electron chi connectivity index (χ1n) is 6.48. The summed E-state index contributed by atoms with van der Waals surface area (Å²) in [5, 5.41) is 12.7. The number of hydrogen-bond acceptors (Lipinski definition) is 3. The predicted molar refractivity (Wildman–Crippen MR) is 84.5 cm³/mol. The van der Waals surface area contributed by atoms with Gasteiger partial charge in [0.15, 0.2) is 0 Å². The van der Waals surface area contributed by atoms with Gasteiger partial charge in [0, 0.05) is 4.90 Å². The minimum absolute atomic E-state index is 0.217. The van der Waals surface area contributed by atoms with Gasteiger partial charge in [0.2, 0.25) is 0 Å². The standard InChI is InChI=1S/C14H15Cl2NO3S/c1-21-11-6-8(9(15)7-10(11)16)12(18)17-14(13(19)20)4-2-3-5-14/h6-7H,2-5H2,1H3,(H,17,18)(H,19,20). The molecule has 0 atom stereocenters. The number of nitrogens with one attached hydrogen (secondary N) is 1. The summed E-state index contributed by atoms with van der Waals surface area (Å²) in [5.41, 5.74) is -0.933. The molecule has 7 heteroatoms. The first-order chi connectivity index (χ1) is 9.89. The number of carboxylic acid groups (broad SMARTS) is 1. The van der Waals surface area contributed by atoms with E-state index < -0.39 is 17.4 Å². The van der Waals surface area contributed by atoms with E-state index in [1.807, 2.05) is 6.26 Å². The number of carbonyl (C=O) groups excluding carboxylic acids is 1. The molecule has 2 N–H and O–H groups in total. The SMILES string of the molecule is CSc1cc(C(=O)NC2(C(=O)O)CCCC2)c(Cl)cc1Cl. The Hall–Kier alpha value is -0.910. The van der Waals surface area contributed by atoms with Crippen LogP contribution in [0.15, 0.2) is 17.0 Å². The minimum atomic E-state index is -1.18. The van der Waals surface area contributed by atoms with Gasteiger partial charge in [-0.05, 0) is 31.2 Å². The average molecular weight is 348 g/mol. The molecule has 0 aromatic heterocycles. The van der Waals surface area contributed by atoms with Crippen molar-refractivity contribution >= 4 is 46.8 Å². The lowest BCUT2D eigenvalue weighted by Gasteiger charge is -2.25. The maximum Gasteiger partial charge on any atom is 0.329 e. The van der Waals surface area contributed by atoms with Crippen molar-refractivity contribution in [2.45, 2.75) is 36.1 Å². The molecule has 4 nitrogen and oxygen atoms in total. The van der Waals surface area contributed by atoms with E-state index in [-0.39, 0.29) is 10.6 Å². The number of carbonyl (C=O) groups is 2. The quantitative estimate of drug-likeness (QED) is 0.812. The predicted octanol–water partition coefficient (Wildman–Crippen LogP) is 3.84. The fraction of sp³-hybridized carbons (Fsp3) is 0.429. The highest BCUT2D eigenvalue weighted by atomic mass is 35.5. The second kappa shape index (κ2) is 6.46. The van der Waals surface area contributed by atoms with E-state index >= 15 is 0 Å². The molecule has 1 aromatic carbocycles. The van der Waals surface area contributed by atoms with Crippen molar-refractivity contribution in [3.63, 3.8) is 0 Å². The lowest BCUT2D eigenvalue weighted by Crippen LogP contribution is -2.52. The first-order valence-corrected chi connectivity index (χ1v) is 8.46. The van der Waals surface area contributed by atoms with Crippen LogP contribution in [0.3, 0.4) is 0 Å². The zero-order chi connectivity index (χ0) is 15.6. The summed E-state index contributed by atoms with van der Waals surface area (Å²) in [7, 11) is 0. The summed E-state index contributed by atoms with van der Waals surface area (Å²) in [6.45, 7) is 0. The second-order valence-corrected chi connectivity index (χ2v) is 6.68. The van der Waals surface area contributed by atoms with Crippen molar-refractivity contribution in [1.82, 2.24) is 5.32 Å². The summed E-state index contributed by atoms with van der Waals surface area (Å²) in [6.07, 6.45) is 4.30. The van der Waals surface area contributed by atoms with Gasteiger partial charge in [0.1, 0.15) is 5.54 Å². The Bertz CT molecular complexity index is 586. The zero-order valence-electron chi connectivity index (χ0n) is 11.4. The van der Waals surface area contributed by atoms with Gasteiger partial charge in [-0.15, -0.1) is 11.8 Å². The van der Waals surface area contributed by atoms with E-state index in [9.17, 15) is 14.7 Å². The molecule has 1 saturated carbocycles. The maximum absolute atomic E-state index is 12.4. The van der Waals surface area contributed by atoms with Gasteiger partial charge in [0.25, 0.3) is 5.91 Å². The Balaban J connectivity index is 2.30. The van der Waals surface area contributed by atoms with E-state index in [1.54, 1.807) is 6.07 Å². The Morgan fingerprint density at radius 1 is 1.24 bits per heavy atom. The van der Waals surface area contributed by atoms with Gasteiger partial charge >= 0.3 is 5.97 Å². The van der Waals surface area contributed by atoms with Gasteiger partial charge in [-0.2, -0.15) is 0 Å². The number of thioether (sulfide) groups is 1. The number of aliphatic carboxylic acids is 1. The molecule has 1 amide bonds. The molecular weight excluding hydrogens is 333 g/mol. The highest BCUT2D eigenvalue weighted by Gasteiger charge is 2.42. The number of halogens is 2. The Kier molecular flexibility index (Phi) is 5.07. The molecule has 1 aliphatic rings. The van der Waals surface area contributed by atoms with Crippen LogP contribution in [0, 0.1) is 0 Å². The summed E-state index contributed by atoms with van der Waals surface area (Å²) >= 11 is 13.5. The van der Waals surface area contributed by atoms with Gasteiger partial charge in [-0.1, -0.05) is 36.0 Å². The first kappa shape index (κ1) is 16.5. The molecule has 1 aromatic rings. The number of hydrogen-bond donors (Lipinski definition) is 2. The van der Waals surface area contributed by atoms with E-state index in [4.69, 9.17) is 23.2 Å². The van der Waals surface area contributed by atoms with Crippen molar-refractivity contribution in [3.05, 3.63) is 27.7 Å². The second-order valence-electron chi connectivity index (χ2n) is 5.02. The van der Waals surface area contributed by atoms with Crippen LogP contribution in [-0.4, -0.2) is 28.8 Å². The van der Waals surface area contributed by atoms with E-state index in [0.717, 1.165) is 17.7 Å². The molecule has 0 spiro atoms. The topological polar surface area (TPSA) is 66.4 Å². The Labute approximate surface area is 137 Å². The maximum atomic E-state index is 12.4. The molecule has 0 aliphatic heterocycles. The van der Waals surface area contributed by atoms with E-state index in [2.05, 4.69) is 5.32 Å². The third-order valence-electron chi connectivity index (χ3n) is 3.71. The fourth-order valence-corrected chi connectivity index (χ4v) is 3.71. The van der Waals surface area contributed by atoms with Crippen LogP contribution in [-0.2, 0) is 4.79 Å². The summed E-state index contributed by atoms with van der Waals surface area (Å²) in [5.74, 6) is -1.47. The van der Waals surface area contributed by atoms with Crippen molar-refractivity contribution in [1.29, 1.82) is 0 Å². The van der Waals surface area contributed by atoms with Crippen LogP contribution < -0.4 is 5.32 Å². The molecule has 1 aliphatic carbocycles. The smallest absolute Gasteiger partial charge is 0.329 e. The summed E-state index contributed by atoms with van der Waals surface area (Å²) in [4.78, 5) is 24.6. The van der Waals surface area contributed by atoms with Gasteiger partial charge in [0.05, 0.1) is 15.6 Å². The summed E-state index contributed by atoms with van der Waals surface area (Å²) in [6, 6.07) is 3.10. The Morgan fingerprint density at radius 3 is 2.38 bits per heavy atom. The molecule has 1 fully saturated rings. The molecule has 21 heavy (non-hydrogen) atoms. The monoisotopic (exact) mass is 347 g/mol. The fourth-order valence-electron chi connectivity index (χ4n) is 2.52. The van der Waals surface area contributed by atoms with Crippen molar-refractivity contribution in [2.75, 3.05) is 6.26 Å². The van der Waals surface area contributed by atoms with Gasteiger partial charge < -0.3 is 10.4 Å². The van der Waals surface area contributed by atoms with Crippen LogP contribution in [0.2, 0.25) is 10.0 Å². The Morgan fingerprint density at radius 2 is 1.86 bits per heavy atom. The number of rotatable bonds is 4. The molecule has 0 heterocycles. The number of benzene rings is 1. The van der Waals surface area contributed by atoms with Crippen LogP contribution in [0.25, 0.3) is 0 Å². The molecule has 2 rings (SSSR count). The molecule has 0 saturated heterocycles. The van der Waals surface area contributed by atoms with E-state index in [0.29, 0.717) is 17.9 Å². The number of carboxylic acids is 1. The largest absolute Gasteiger partial charge is 0.480 e. The van der Waals surface area contributed by atoms with Crippen molar-refractivity contribution in [2.24, 2.45) is 0 Å². The van der Waals surface area contributed by atoms with Crippen molar-refractivity contribution < 1.29 is 14.7 Å². The van der Waals surface area contributed by atoms with Gasteiger partial charge in [-0.3, -0.25) is 4.79 Å². The van der Waals surface area contributed by atoms with Crippen LogP contribution in [0.1, 0.15) is 36.0 Å². The summed E-state index contributed by atoms with van der Waals surface area (Å²) < 4.78 is 0. The van der Waals surface area contributed by atoms with Crippen LogP contribution in [0.4, 0.5) is 0 Å². The molecule has 0 unspecified atom stereocenters. The molecule has 114 valence electrons. The van der Waals surface area contributed by atoms with Gasteiger partial charge in [-0.25, -0.2) is 4.79 Å². The molecule has 0 radical (unpaired) electrons. The highest BCUT2D eigenvalue weighted by molar-refractivity contribution is 7.98.